The number of halogens is 1. The van der Waals surface area contributed by atoms with E-state index in [0.29, 0.717) is 22.1 Å². The number of nitrogens with zero attached hydrogens (tertiary/aromatic N) is 2. The molecular weight excluding hydrogens is 356 g/mol. The number of aromatic nitrogens is 1. The number of ether oxygens (including phenoxy) is 1. The zero-order chi connectivity index (χ0) is 18.9. The van der Waals surface area contributed by atoms with Crippen LogP contribution >= 0.6 is 11.6 Å². The van der Waals surface area contributed by atoms with Crippen molar-refractivity contribution < 1.29 is 14.3 Å². The Balaban J connectivity index is 2.03. The van der Waals surface area contributed by atoms with Gasteiger partial charge in [-0.05, 0) is 43.3 Å². The van der Waals surface area contributed by atoms with E-state index in [1.807, 2.05) is 0 Å². The van der Waals surface area contributed by atoms with Crippen molar-refractivity contribution in [1.82, 2.24) is 4.98 Å². The predicted octanol–water partition coefficient (Wildman–Crippen LogP) is 3.37. The number of rotatable bonds is 6. The lowest BCUT2D eigenvalue weighted by molar-refractivity contribution is -0.112. The summed E-state index contributed by atoms with van der Waals surface area (Å²) in [7, 11) is 0. The molecule has 1 aromatic heterocycles. The standard InChI is InChI=1S/C18H15ClN4O3/c1-2-26-18(25)12-3-5-15(6-4-12)23-17(24)13(10-20)11-22-16-9-14(19)7-8-21-16/h3-9,11H,2H2,1H3,(H,21,22)(H,23,24)/b13-11-. The van der Waals surface area contributed by atoms with Gasteiger partial charge in [-0.1, -0.05) is 11.6 Å². The highest BCUT2D eigenvalue weighted by Gasteiger charge is 2.11. The molecule has 2 aromatic rings. The van der Waals surface area contributed by atoms with Crippen LogP contribution in [0.25, 0.3) is 0 Å². The van der Waals surface area contributed by atoms with Crippen LogP contribution < -0.4 is 10.6 Å². The number of benzene rings is 1. The molecule has 0 aliphatic heterocycles. The number of anilines is 2. The maximum Gasteiger partial charge on any atom is 0.338 e. The van der Waals surface area contributed by atoms with Gasteiger partial charge < -0.3 is 15.4 Å². The quantitative estimate of drug-likeness (QED) is 0.459. The normalized spacial score (nSPS) is 10.6. The average Bonchev–Trinajstić information content (AvgIpc) is 2.63. The minimum absolute atomic E-state index is 0.152. The van der Waals surface area contributed by atoms with Crippen molar-refractivity contribution in [3.63, 3.8) is 0 Å². The van der Waals surface area contributed by atoms with Crippen LogP contribution in [0.2, 0.25) is 5.02 Å². The van der Waals surface area contributed by atoms with E-state index in [1.54, 1.807) is 37.3 Å². The second-order valence-corrected chi connectivity index (χ2v) is 5.36. The van der Waals surface area contributed by atoms with Crippen LogP contribution in [0.1, 0.15) is 17.3 Å². The summed E-state index contributed by atoms with van der Waals surface area (Å²) in [5.74, 6) is -0.649. The average molecular weight is 371 g/mol. The molecule has 0 aliphatic carbocycles. The van der Waals surface area contributed by atoms with Crippen LogP contribution in [0.3, 0.4) is 0 Å². The Labute approximate surface area is 155 Å². The second-order valence-electron chi connectivity index (χ2n) is 4.93. The van der Waals surface area contributed by atoms with Crippen molar-refractivity contribution in [3.8, 4) is 6.07 Å². The first-order valence-electron chi connectivity index (χ1n) is 7.60. The van der Waals surface area contributed by atoms with Gasteiger partial charge in [0.2, 0.25) is 0 Å². The summed E-state index contributed by atoms with van der Waals surface area (Å²) in [4.78, 5) is 27.8. The number of nitrogens with one attached hydrogen (secondary N) is 2. The molecule has 0 saturated carbocycles. The number of hydrogen-bond acceptors (Lipinski definition) is 6. The monoisotopic (exact) mass is 370 g/mol. The van der Waals surface area contributed by atoms with Gasteiger partial charge in [-0.3, -0.25) is 4.79 Å². The molecule has 8 heteroatoms. The van der Waals surface area contributed by atoms with E-state index < -0.39 is 11.9 Å². The van der Waals surface area contributed by atoms with Gasteiger partial charge in [0.25, 0.3) is 5.91 Å². The number of nitriles is 1. The first-order chi connectivity index (χ1) is 12.5. The molecule has 26 heavy (non-hydrogen) atoms. The first kappa shape index (κ1) is 19.0. The van der Waals surface area contributed by atoms with Gasteiger partial charge in [0.1, 0.15) is 17.5 Å². The summed E-state index contributed by atoms with van der Waals surface area (Å²) in [5.41, 5.74) is 0.654. The predicted molar refractivity (Wildman–Crippen MR) is 97.6 cm³/mol. The minimum atomic E-state index is -0.606. The number of hydrogen-bond donors (Lipinski definition) is 2. The number of amides is 1. The van der Waals surface area contributed by atoms with E-state index in [9.17, 15) is 9.59 Å². The van der Waals surface area contributed by atoms with Crippen molar-refractivity contribution in [2.45, 2.75) is 6.92 Å². The molecule has 0 unspecified atom stereocenters. The number of pyridine rings is 1. The van der Waals surface area contributed by atoms with Gasteiger partial charge in [0.05, 0.1) is 12.2 Å². The number of carbonyl (C=O) groups excluding carboxylic acids is 2. The molecule has 2 N–H and O–H groups in total. The topological polar surface area (TPSA) is 104 Å². The van der Waals surface area contributed by atoms with E-state index in [2.05, 4.69) is 15.6 Å². The molecule has 1 amide bonds. The molecule has 2 rings (SSSR count). The molecule has 1 heterocycles. The summed E-state index contributed by atoms with van der Waals surface area (Å²) in [6, 6.07) is 11.1. The van der Waals surface area contributed by atoms with Crippen LogP contribution in [0.15, 0.2) is 54.4 Å². The fraction of sp³-hybridized carbons (Fsp3) is 0.111. The zero-order valence-corrected chi connectivity index (χ0v) is 14.6. The zero-order valence-electron chi connectivity index (χ0n) is 13.8. The third kappa shape index (κ3) is 5.33. The smallest absolute Gasteiger partial charge is 0.338 e. The Bertz CT molecular complexity index is 873. The molecule has 0 aliphatic rings. The maximum absolute atomic E-state index is 12.2. The van der Waals surface area contributed by atoms with Crippen LogP contribution in [0.5, 0.6) is 0 Å². The second kappa shape index (κ2) is 9.20. The van der Waals surface area contributed by atoms with Crippen LogP contribution in [0.4, 0.5) is 11.5 Å². The summed E-state index contributed by atoms with van der Waals surface area (Å²) in [6.07, 6.45) is 2.73. The fourth-order valence-electron chi connectivity index (χ4n) is 1.88. The Morgan fingerprint density at radius 2 is 2.04 bits per heavy atom. The SMILES string of the molecule is CCOC(=O)c1ccc(NC(=O)/C(C#N)=C\Nc2cc(Cl)ccn2)cc1. The molecule has 0 fully saturated rings. The van der Waals surface area contributed by atoms with Gasteiger partial charge in [0, 0.05) is 23.1 Å². The van der Waals surface area contributed by atoms with Crippen LogP contribution in [-0.2, 0) is 9.53 Å². The maximum atomic E-state index is 12.2. The lowest BCUT2D eigenvalue weighted by Gasteiger charge is -2.06. The van der Waals surface area contributed by atoms with Crippen LogP contribution in [0, 0.1) is 11.3 Å². The highest BCUT2D eigenvalue weighted by atomic mass is 35.5. The molecule has 0 radical (unpaired) electrons. The van der Waals surface area contributed by atoms with E-state index in [-0.39, 0.29) is 12.2 Å². The molecule has 132 valence electrons. The molecular formula is C18H15ClN4O3. The van der Waals surface area contributed by atoms with Crippen molar-refractivity contribution in [3.05, 3.63) is 65.0 Å². The van der Waals surface area contributed by atoms with Gasteiger partial charge in [0.15, 0.2) is 0 Å². The van der Waals surface area contributed by atoms with Gasteiger partial charge >= 0.3 is 5.97 Å². The molecule has 0 bridgehead atoms. The lowest BCUT2D eigenvalue weighted by Crippen LogP contribution is -2.15. The van der Waals surface area contributed by atoms with Gasteiger partial charge in [-0.15, -0.1) is 0 Å². The summed E-state index contributed by atoms with van der Waals surface area (Å²) in [6.45, 7) is 2.00. The van der Waals surface area contributed by atoms with Crippen molar-refractivity contribution in [2.24, 2.45) is 0 Å². The van der Waals surface area contributed by atoms with Crippen molar-refractivity contribution >= 4 is 35.0 Å². The van der Waals surface area contributed by atoms with E-state index in [1.165, 1.54) is 24.5 Å². The van der Waals surface area contributed by atoms with Gasteiger partial charge in [-0.2, -0.15) is 5.26 Å². The van der Waals surface area contributed by atoms with Crippen molar-refractivity contribution in [1.29, 1.82) is 5.26 Å². The summed E-state index contributed by atoms with van der Waals surface area (Å²) < 4.78 is 4.88. The van der Waals surface area contributed by atoms with E-state index >= 15 is 0 Å². The Morgan fingerprint density at radius 3 is 2.65 bits per heavy atom. The van der Waals surface area contributed by atoms with Gasteiger partial charge in [-0.25, -0.2) is 9.78 Å². The molecule has 7 nitrogen and oxygen atoms in total. The fourth-order valence-corrected chi connectivity index (χ4v) is 2.04. The summed E-state index contributed by atoms with van der Waals surface area (Å²) >= 11 is 5.84. The molecule has 0 atom stereocenters. The Morgan fingerprint density at radius 1 is 1.31 bits per heavy atom. The number of carbonyl (C=O) groups is 2. The van der Waals surface area contributed by atoms with E-state index in [0.717, 1.165) is 0 Å². The largest absolute Gasteiger partial charge is 0.462 e. The summed E-state index contributed by atoms with van der Waals surface area (Å²) in [5, 5.41) is 14.9. The van der Waals surface area contributed by atoms with E-state index in [4.69, 9.17) is 21.6 Å². The number of esters is 1. The third-order valence-corrected chi connectivity index (χ3v) is 3.34. The third-order valence-electron chi connectivity index (χ3n) is 3.11. The Kier molecular flexibility index (Phi) is 6.71. The minimum Gasteiger partial charge on any atom is -0.462 e. The molecule has 0 spiro atoms. The van der Waals surface area contributed by atoms with Crippen LogP contribution in [-0.4, -0.2) is 23.5 Å². The highest BCUT2D eigenvalue weighted by Crippen LogP contribution is 2.14. The Hall–Kier alpha value is -3.37. The first-order valence-corrected chi connectivity index (χ1v) is 7.98. The molecule has 1 aromatic carbocycles. The highest BCUT2D eigenvalue weighted by molar-refractivity contribution is 6.30. The lowest BCUT2D eigenvalue weighted by atomic mass is 10.2. The molecule has 0 saturated heterocycles. The van der Waals surface area contributed by atoms with Crippen molar-refractivity contribution in [2.75, 3.05) is 17.2 Å².